The maximum Gasteiger partial charge on any atom is 0.171 e. The van der Waals surface area contributed by atoms with E-state index in [1.807, 2.05) is 32.2 Å². The first-order valence-corrected chi connectivity index (χ1v) is 5.72. The Morgan fingerprint density at radius 3 is 2.64 bits per heavy atom. The van der Waals surface area contributed by atoms with E-state index in [0.717, 1.165) is 16.9 Å². The lowest BCUT2D eigenvalue weighted by Crippen LogP contribution is -2.35. The third kappa shape index (κ3) is 1.88. The Morgan fingerprint density at radius 2 is 2.29 bits per heavy atom. The molecule has 2 nitrogen and oxygen atoms in total. The van der Waals surface area contributed by atoms with E-state index in [4.69, 9.17) is 5.73 Å². The monoisotopic (exact) mass is 211 g/mol. The summed E-state index contributed by atoms with van der Waals surface area (Å²) in [5.74, 6) is 0.182. The van der Waals surface area contributed by atoms with Gasteiger partial charge in [-0.05, 0) is 24.8 Å². The van der Waals surface area contributed by atoms with Crippen LogP contribution in [0.4, 0.5) is 0 Å². The largest absolute Gasteiger partial charge is 0.329 e. The zero-order valence-electron chi connectivity index (χ0n) is 8.96. The Hall–Kier alpha value is -0.670. The number of aryl methyl sites for hydroxylation is 1. The van der Waals surface area contributed by atoms with Crippen LogP contribution >= 0.6 is 11.3 Å². The Balaban J connectivity index is 3.01. The molecule has 3 heteroatoms. The third-order valence-electron chi connectivity index (χ3n) is 2.88. The lowest BCUT2D eigenvalue weighted by Gasteiger charge is -2.24. The van der Waals surface area contributed by atoms with Crippen molar-refractivity contribution in [2.24, 2.45) is 11.1 Å². The topological polar surface area (TPSA) is 43.1 Å². The summed E-state index contributed by atoms with van der Waals surface area (Å²) < 4.78 is 0. The van der Waals surface area contributed by atoms with Crippen LogP contribution < -0.4 is 5.73 Å². The molecule has 1 atom stereocenters. The first-order chi connectivity index (χ1) is 6.55. The molecular formula is C11H17NOS. The lowest BCUT2D eigenvalue weighted by atomic mass is 9.80. The van der Waals surface area contributed by atoms with Crippen molar-refractivity contribution in [1.29, 1.82) is 0 Å². The fourth-order valence-electron chi connectivity index (χ4n) is 1.34. The molecule has 0 aliphatic carbocycles. The van der Waals surface area contributed by atoms with Crippen molar-refractivity contribution >= 4 is 17.1 Å². The van der Waals surface area contributed by atoms with E-state index < -0.39 is 5.41 Å². The number of carbonyl (C=O) groups is 1. The molecule has 0 spiro atoms. The quantitative estimate of drug-likeness (QED) is 0.778. The zero-order valence-corrected chi connectivity index (χ0v) is 9.78. The summed E-state index contributed by atoms with van der Waals surface area (Å²) in [6, 6.07) is 1.89. The molecule has 1 heterocycles. The number of ketones is 1. The molecule has 1 aromatic heterocycles. The van der Waals surface area contributed by atoms with Gasteiger partial charge in [0.2, 0.25) is 0 Å². The van der Waals surface area contributed by atoms with Crippen molar-refractivity contribution < 1.29 is 4.79 Å². The molecule has 1 rings (SSSR count). The van der Waals surface area contributed by atoms with Crippen molar-refractivity contribution in [3.63, 3.8) is 0 Å². The predicted molar refractivity (Wildman–Crippen MR) is 60.8 cm³/mol. The van der Waals surface area contributed by atoms with Gasteiger partial charge in [-0.3, -0.25) is 4.79 Å². The summed E-state index contributed by atoms with van der Waals surface area (Å²) in [5, 5.41) is 1.95. The Morgan fingerprint density at radius 1 is 1.64 bits per heavy atom. The highest BCUT2D eigenvalue weighted by Gasteiger charge is 2.31. The van der Waals surface area contributed by atoms with Crippen LogP contribution in [-0.4, -0.2) is 12.3 Å². The number of hydrogen-bond acceptors (Lipinski definition) is 3. The summed E-state index contributed by atoms with van der Waals surface area (Å²) in [6.45, 7) is 6.33. The van der Waals surface area contributed by atoms with E-state index in [1.165, 1.54) is 0 Å². The Bertz CT molecular complexity index is 326. The molecule has 0 amide bonds. The van der Waals surface area contributed by atoms with Gasteiger partial charge >= 0.3 is 0 Å². The van der Waals surface area contributed by atoms with Gasteiger partial charge in [0.25, 0.3) is 0 Å². The minimum absolute atomic E-state index is 0.182. The van der Waals surface area contributed by atoms with Crippen LogP contribution in [0.25, 0.3) is 0 Å². The Labute approximate surface area is 89.1 Å². The zero-order chi connectivity index (χ0) is 10.8. The van der Waals surface area contributed by atoms with E-state index in [2.05, 4.69) is 0 Å². The van der Waals surface area contributed by atoms with Crippen molar-refractivity contribution in [2.45, 2.75) is 27.2 Å². The molecule has 0 aromatic carbocycles. The van der Waals surface area contributed by atoms with E-state index in [-0.39, 0.29) is 5.78 Å². The highest BCUT2D eigenvalue weighted by atomic mass is 32.1. The number of thiophene rings is 1. The molecule has 0 saturated heterocycles. The van der Waals surface area contributed by atoms with Crippen molar-refractivity contribution in [2.75, 3.05) is 6.54 Å². The Kier molecular flexibility index (Phi) is 3.45. The lowest BCUT2D eigenvalue weighted by molar-refractivity contribution is 0.0820. The molecule has 0 bridgehead atoms. The molecule has 1 aromatic rings. The van der Waals surface area contributed by atoms with Gasteiger partial charge in [0.1, 0.15) is 0 Å². The van der Waals surface area contributed by atoms with E-state index in [0.29, 0.717) is 6.54 Å². The summed E-state index contributed by atoms with van der Waals surface area (Å²) in [5.41, 5.74) is 6.10. The maximum atomic E-state index is 12.1. The van der Waals surface area contributed by atoms with Crippen molar-refractivity contribution in [3.05, 3.63) is 21.9 Å². The van der Waals surface area contributed by atoms with Crippen LogP contribution in [0, 0.1) is 12.3 Å². The van der Waals surface area contributed by atoms with E-state index in [1.54, 1.807) is 11.3 Å². The molecule has 1 unspecified atom stereocenters. The predicted octanol–water partition coefficient (Wildman–Crippen LogP) is 2.61. The number of rotatable bonds is 4. The minimum Gasteiger partial charge on any atom is -0.329 e. The molecule has 14 heavy (non-hydrogen) atoms. The number of nitrogens with two attached hydrogens (primary N) is 1. The average Bonchev–Trinajstić information content (AvgIpc) is 2.62. The van der Waals surface area contributed by atoms with Crippen LogP contribution in [0.5, 0.6) is 0 Å². The number of Topliss-reactive ketones (excluding diaryl/α,β-unsaturated/α-hetero) is 1. The van der Waals surface area contributed by atoms with Gasteiger partial charge in [0, 0.05) is 22.4 Å². The molecular weight excluding hydrogens is 194 g/mol. The highest BCUT2D eigenvalue weighted by molar-refractivity contribution is 7.10. The van der Waals surface area contributed by atoms with Crippen LogP contribution in [0.1, 0.15) is 35.5 Å². The van der Waals surface area contributed by atoms with Gasteiger partial charge in [-0.1, -0.05) is 13.8 Å². The van der Waals surface area contributed by atoms with Gasteiger partial charge in [-0.15, -0.1) is 11.3 Å². The van der Waals surface area contributed by atoms with Crippen molar-refractivity contribution in [1.82, 2.24) is 0 Å². The molecule has 2 N–H and O–H groups in total. The second-order valence-corrected chi connectivity index (χ2v) is 4.96. The van der Waals surface area contributed by atoms with Gasteiger partial charge in [0.05, 0.1) is 0 Å². The van der Waals surface area contributed by atoms with Crippen LogP contribution in [0.2, 0.25) is 0 Å². The first-order valence-electron chi connectivity index (χ1n) is 4.84. The maximum absolute atomic E-state index is 12.1. The van der Waals surface area contributed by atoms with Crippen molar-refractivity contribution in [3.8, 4) is 0 Å². The van der Waals surface area contributed by atoms with E-state index >= 15 is 0 Å². The SMILES string of the molecule is CCC(C)(CN)C(=O)c1ccsc1C. The minimum atomic E-state index is -0.397. The highest BCUT2D eigenvalue weighted by Crippen LogP contribution is 2.28. The summed E-state index contributed by atoms with van der Waals surface area (Å²) in [4.78, 5) is 13.2. The van der Waals surface area contributed by atoms with Crippen LogP contribution in [0.15, 0.2) is 11.4 Å². The van der Waals surface area contributed by atoms with Gasteiger partial charge in [-0.2, -0.15) is 0 Å². The summed E-state index contributed by atoms with van der Waals surface area (Å²) in [7, 11) is 0. The number of hydrogen-bond donors (Lipinski definition) is 1. The fraction of sp³-hybridized carbons (Fsp3) is 0.545. The molecule has 78 valence electrons. The summed E-state index contributed by atoms with van der Waals surface area (Å²) in [6.07, 6.45) is 0.789. The number of carbonyl (C=O) groups excluding carboxylic acids is 1. The molecule has 0 aliphatic rings. The molecule has 0 saturated carbocycles. The van der Waals surface area contributed by atoms with Crippen LogP contribution in [0.3, 0.4) is 0 Å². The second kappa shape index (κ2) is 4.24. The first kappa shape index (κ1) is 11.4. The summed E-state index contributed by atoms with van der Waals surface area (Å²) >= 11 is 1.61. The average molecular weight is 211 g/mol. The molecule has 0 radical (unpaired) electrons. The molecule has 0 aliphatic heterocycles. The van der Waals surface area contributed by atoms with Crippen LogP contribution in [-0.2, 0) is 0 Å². The van der Waals surface area contributed by atoms with Gasteiger partial charge in [-0.25, -0.2) is 0 Å². The standard InChI is InChI=1S/C11H17NOS/c1-4-11(3,7-12)10(13)9-5-6-14-8(9)2/h5-6H,4,7,12H2,1-3H3. The van der Waals surface area contributed by atoms with Gasteiger partial charge in [0.15, 0.2) is 5.78 Å². The van der Waals surface area contributed by atoms with E-state index in [9.17, 15) is 4.79 Å². The third-order valence-corrected chi connectivity index (χ3v) is 3.73. The molecule has 0 fully saturated rings. The smallest absolute Gasteiger partial charge is 0.171 e. The second-order valence-electron chi connectivity index (χ2n) is 3.84. The fourth-order valence-corrected chi connectivity index (χ4v) is 2.04. The van der Waals surface area contributed by atoms with Gasteiger partial charge < -0.3 is 5.73 Å². The normalized spacial score (nSPS) is 15.1.